The van der Waals surface area contributed by atoms with Gasteiger partial charge in [0.15, 0.2) is 0 Å². The number of nitrogens with one attached hydrogen (secondary N) is 1. The summed E-state index contributed by atoms with van der Waals surface area (Å²) in [6, 6.07) is 7.24. The number of aliphatic hydroxyl groups excluding tert-OH is 1. The van der Waals surface area contributed by atoms with Gasteiger partial charge < -0.3 is 16.2 Å². The van der Waals surface area contributed by atoms with Crippen LogP contribution in [0.4, 0.5) is 4.39 Å². The Labute approximate surface area is 163 Å². The molecule has 0 saturated heterocycles. The maximum absolute atomic E-state index is 14.0. The second-order valence-electron chi connectivity index (χ2n) is 7.55. The zero-order valence-electron chi connectivity index (χ0n) is 15.7. The van der Waals surface area contributed by atoms with Crippen molar-refractivity contribution in [3.8, 4) is 0 Å². The number of aliphatic hydroxyl groups is 1. The van der Waals surface area contributed by atoms with Gasteiger partial charge >= 0.3 is 0 Å². The third kappa shape index (κ3) is 5.99. The number of nitrogens with two attached hydrogens (primary N) is 1. The molecule has 2 unspecified atom stereocenters. The van der Waals surface area contributed by atoms with E-state index in [-0.39, 0.29) is 23.8 Å². The van der Waals surface area contributed by atoms with Crippen LogP contribution in [0, 0.1) is 5.82 Å². The Balaban J connectivity index is 2.12. The minimum Gasteiger partial charge on any atom is -0.391 e. The lowest BCUT2D eigenvalue weighted by molar-refractivity contribution is 0.0916. The molecule has 0 aliphatic heterocycles. The molecule has 0 spiro atoms. The fraction of sp³-hybridized carbons (Fsp3) is 0.400. The molecule has 0 bridgehead atoms. The van der Waals surface area contributed by atoms with Gasteiger partial charge in [-0.2, -0.15) is 0 Å². The predicted octanol–water partition coefficient (Wildman–Crippen LogP) is 2.88. The molecular formula is C20H25ClFN3O2. The van der Waals surface area contributed by atoms with Crippen LogP contribution in [0.15, 0.2) is 36.5 Å². The van der Waals surface area contributed by atoms with Gasteiger partial charge in [-0.05, 0) is 51.0 Å². The first-order valence-corrected chi connectivity index (χ1v) is 9.09. The Hall–Kier alpha value is -2.02. The maximum atomic E-state index is 14.0. The van der Waals surface area contributed by atoms with Gasteiger partial charge in [-0.15, -0.1) is 0 Å². The van der Waals surface area contributed by atoms with Crippen LogP contribution in [0.3, 0.4) is 0 Å². The number of hydrogen-bond acceptors (Lipinski definition) is 4. The van der Waals surface area contributed by atoms with Crippen LogP contribution in [-0.2, 0) is 12.8 Å². The van der Waals surface area contributed by atoms with Gasteiger partial charge in [0.25, 0.3) is 5.91 Å². The molecular weight excluding hydrogens is 369 g/mol. The number of carbonyl (C=O) groups is 1. The Morgan fingerprint density at radius 1 is 1.30 bits per heavy atom. The fourth-order valence-electron chi connectivity index (χ4n) is 2.66. The van der Waals surface area contributed by atoms with Crippen LogP contribution in [0.5, 0.6) is 0 Å². The molecule has 27 heavy (non-hydrogen) atoms. The van der Waals surface area contributed by atoms with E-state index in [9.17, 15) is 14.3 Å². The summed E-state index contributed by atoms with van der Waals surface area (Å²) in [4.78, 5) is 16.7. The zero-order chi connectivity index (χ0) is 20.2. The second kappa shape index (κ2) is 8.78. The highest BCUT2D eigenvalue weighted by Crippen LogP contribution is 2.20. The van der Waals surface area contributed by atoms with Crippen LogP contribution in [0.2, 0.25) is 5.02 Å². The van der Waals surface area contributed by atoms with Gasteiger partial charge in [0.1, 0.15) is 5.82 Å². The van der Waals surface area contributed by atoms with Crippen molar-refractivity contribution >= 4 is 17.5 Å². The molecule has 2 atom stereocenters. The van der Waals surface area contributed by atoms with E-state index in [0.29, 0.717) is 16.8 Å². The Morgan fingerprint density at radius 3 is 2.67 bits per heavy atom. The summed E-state index contributed by atoms with van der Waals surface area (Å²) in [7, 11) is 0. The van der Waals surface area contributed by atoms with Crippen LogP contribution < -0.4 is 11.1 Å². The highest BCUT2D eigenvalue weighted by atomic mass is 35.5. The number of hydrogen-bond donors (Lipinski definition) is 3. The quantitative estimate of drug-likeness (QED) is 0.704. The second-order valence-corrected chi connectivity index (χ2v) is 7.96. The number of carbonyl (C=O) groups excluding carboxylic acids is 1. The number of nitrogens with zero attached hydrogens (tertiary/aromatic N) is 1. The molecule has 7 heteroatoms. The van der Waals surface area contributed by atoms with Crippen molar-refractivity contribution in [3.05, 3.63) is 64.2 Å². The number of pyridine rings is 1. The molecule has 1 amide bonds. The smallest absolute Gasteiger partial charge is 0.253 e. The molecule has 2 aromatic rings. The van der Waals surface area contributed by atoms with Crippen molar-refractivity contribution in [1.29, 1.82) is 0 Å². The van der Waals surface area contributed by atoms with E-state index >= 15 is 0 Å². The van der Waals surface area contributed by atoms with Crippen molar-refractivity contribution in [3.63, 3.8) is 0 Å². The molecule has 5 nitrogen and oxygen atoms in total. The normalized spacial score (nSPS) is 13.9. The first kappa shape index (κ1) is 21.3. The molecule has 0 fully saturated rings. The number of amides is 1. The molecule has 1 heterocycles. The summed E-state index contributed by atoms with van der Waals surface area (Å²) in [6.07, 6.45) is 0.749. The van der Waals surface area contributed by atoms with E-state index in [2.05, 4.69) is 10.3 Å². The zero-order valence-corrected chi connectivity index (χ0v) is 16.4. The highest BCUT2D eigenvalue weighted by Gasteiger charge is 2.23. The molecule has 0 radical (unpaired) electrons. The molecule has 1 aromatic carbocycles. The molecule has 4 N–H and O–H groups in total. The van der Waals surface area contributed by atoms with Crippen LogP contribution in [0.1, 0.15) is 42.4 Å². The molecule has 146 valence electrons. The van der Waals surface area contributed by atoms with E-state index < -0.39 is 23.5 Å². The van der Waals surface area contributed by atoms with E-state index in [1.807, 2.05) is 20.8 Å². The summed E-state index contributed by atoms with van der Waals surface area (Å²) in [5.41, 5.74) is 6.81. The monoisotopic (exact) mass is 393 g/mol. The highest BCUT2D eigenvalue weighted by molar-refractivity contribution is 6.30. The maximum Gasteiger partial charge on any atom is 0.253 e. The van der Waals surface area contributed by atoms with Gasteiger partial charge in [-0.25, -0.2) is 4.39 Å². The predicted molar refractivity (Wildman–Crippen MR) is 104 cm³/mol. The van der Waals surface area contributed by atoms with Gasteiger partial charge in [-0.3, -0.25) is 9.78 Å². The van der Waals surface area contributed by atoms with Crippen molar-refractivity contribution in [2.24, 2.45) is 5.73 Å². The van der Waals surface area contributed by atoms with E-state index in [4.69, 9.17) is 17.3 Å². The molecule has 1 aromatic heterocycles. The molecule has 0 aliphatic carbocycles. The summed E-state index contributed by atoms with van der Waals surface area (Å²) < 4.78 is 14.0. The number of benzene rings is 1. The lowest BCUT2D eigenvalue weighted by Crippen LogP contribution is -2.42. The van der Waals surface area contributed by atoms with Gasteiger partial charge in [0, 0.05) is 24.2 Å². The standard InChI is InChI=1S/C20H25ClFN3O2/c1-20(2,3)25-19(27)13-7-5-9-24-16(13)11-17(26)15(23)10-12-6-4-8-14(21)18(12)22/h4-9,15,17,26H,10-11,23H2,1-3H3,(H,25,27). The third-order valence-electron chi connectivity index (χ3n) is 4.01. The summed E-state index contributed by atoms with van der Waals surface area (Å²) >= 11 is 5.78. The van der Waals surface area contributed by atoms with Gasteiger partial charge in [0.05, 0.1) is 22.4 Å². The fourth-order valence-corrected chi connectivity index (χ4v) is 2.85. The minimum absolute atomic E-state index is 0.0139. The lowest BCUT2D eigenvalue weighted by Gasteiger charge is -2.23. The Bertz CT molecular complexity index is 808. The topological polar surface area (TPSA) is 88.2 Å². The third-order valence-corrected chi connectivity index (χ3v) is 4.30. The number of rotatable bonds is 6. The SMILES string of the molecule is CC(C)(C)NC(=O)c1cccnc1CC(O)C(N)Cc1cccc(Cl)c1F. The van der Waals surface area contributed by atoms with Crippen LogP contribution in [0.25, 0.3) is 0 Å². The average Bonchev–Trinajstić information content (AvgIpc) is 2.57. The molecule has 0 saturated carbocycles. The van der Waals surface area contributed by atoms with E-state index in [1.165, 1.54) is 6.07 Å². The van der Waals surface area contributed by atoms with Crippen molar-refractivity contribution in [2.75, 3.05) is 0 Å². The average molecular weight is 394 g/mol. The minimum atomic E-state index is -1.00. The van der Waals surface area contributed by atoms with Gasteiger partial charge in [0.2, 0.25) is 0 Å². The van der Waals surface area contributed by atoms with E-state index in [0.717, 1.165) is 0 Å². The summed E-state index contributed by atoms with van der Waals surface area (Å²) in [6.45, 7) is 5.64. The first-order chi connectivity index (χ1) is 12.6. The largest absolute Gasteiger partial charge is 0.391 e. The Morgan fingerprint density at radius 2 is 2.00 bits per heavy atom. The van der Waals surface area contributed by atoms with Crippen molar-refractivity contribution in [1.82, 2.24) is 10.3 Å². The molecule has 0 aliphatic rings. The lowest BCUT2D eigenvalue weighted by atomic mass is 9.96. The molecule has 2 rings (SSSR count). The summed E-state index contributed by atoms with van der Waals surface area (Å²) in [5.74, 6) is -0.808. The van der Waals surface area contributed by atoms with Gasteiger partial charge in [-0.1, -0.05) is 23.7 Å². The number of halogens is 2. The first-order valence-electron chi connectivity index (χ1n) is 8.71. The van der Waals surface area contributed by atoms with Crippen molar-refractivity contribution < 1.29 is 14.3 Å². The van der Waals surface area contributed by atoms with Crippen LogP contribution in [-0.4, -0.2) is 33.7 Å². The Kier molecular flexibility index (Phi) is 6.92. The van der Waals surface area contributed by atoms with Crippen molar-refractivity contribution in [2.45, 2.75) is 51.3 Å². The summed E-state index contributed by atoms with van der Waals surface area (Å²) in [5, 5.41) is 13.4. The number of aromatic nitrogens is 1. The van der Waals surface area contributed by atoms with E-state index in [1.54, 1.807) is 30.5 Å². The van der Waals surface area contributed by atoms with Crippen LogP contribution >= 0.6 is 11.6 Å².